The Labute approximate surface area is 154 Å². The minimum absolute atomic E-state index is 0. The van der Waals surface area contributed by atoms with E-state index in [4.69, 9.17) is 15.2 Å². The fourth-order valence-electron chi connectivity index (χ4n) is 2.75. The van der Waals surface area contributed by atoms with Gasteiger partial charge in [0.15, 0.2) is 17.6 Å². The van der Waals surface area contributed by atoms with Crippen molar-refractivity contribution in [2.75, 3.05) is 25.4 Å². The van der Waals surface area contributed by atoms with E-state index in [-0.39, 0.29) is 24.4 Å². The number of para-hydroxylation sites is 2. The van der Waals surface area contributed by atoms with Crippen LogP contribution >= 0.6 is 12.4 Å². The SMILES string of the molecule is CCCN(CC1COc2ccccc2O1)C(=O)c1ccc(N)cc1.Cl. The van der Waals surface area contributed by atoms with Crippen molar-refractivity contribution in [2.24, 2.45) is 0 Å². The second-order valence-electron chi connectivity index (χ2n) is 5.87. The van der Waals surface area contributed by atoms with Crippen LogP contribution in [0.3, 0.4) is 0 Å². The number of halogens is 1. The predicted molar refractivity (Wildman–Crippen MR) is 101 cm³/mol. The Morgan fingerprint density at radius 3 is 2.52 bits per heavy atom. The highest BCUT2D eigenvalue weighted by molar-refractivity contribution is 5.94. The number of benzene rings is 2. The zero-order chi connectivity index (χ0) is 16.9. The standard InChI is InChI=1S/C19H22N2O3.ClH/c1-2-11-21(19(22)14-7-9-15(20)10-8-14)12-16-13-23-17-5-3-4-6-18(17)24-16;/h3-10,16H,2,11-13,20H2,1H3;1H. The number of anilines is 1. The molecule has 134 valence electrons. The lowest BCUT2D eigenvalue weighted by atomic mass is 10.1. The molecule has 6 heteroatoms. The summed E-state index contributed by atoms with van der Waals surface area (Å²) in [6.07, 6.45) is 0.703. The van der Waals surface area contributed by atoms with Crippen LogP contribution in [0.15, 0.2) is 48.5 Å². The van der Waals surface area contributed by atoms with Gasteiger partial charge in [0.05, 0.1) is 6.54 Å². The summed E-state index contributed by atoms with van der Waals surface area (Å²) in [4.78, 5) is 14.6. The fourth-order valence-corrected chi connectivity index (χ4v) is 2.75. The summed E-state index contributed by atoms with van der Waals surface area (Å²) >= 11 is 0. The number of carbonyl (C=O) groups excluding carboxylic acids is 1. The van der Waals surface area contributed by atoms with E-state index in [9.17, 15) is 4.79 Å². The maximum absolute atomic E-state index is 12.8. The fraction of sp³-hybridized carbons (Fsp3) is 0.316. The van der Waals surface area contributed by atoms with Crippen LogP contribution in [0, 0.1) is 0 Å². The summed E-state index contributed by atoms with van der Waals surface area (Å²) in [6, 6.07) is 14.6. The molecule has 1 aliphatic rings. The first-order chi connectivity index (χ1) is 11.7. The highest BCUT2D eigenvalue weighted by atomic mass is 35.5. The van der Waals surface area contributed by atoms with Gasteiger partial charge in [-0.3, -0.25) is 4.79 Å². The van der Waals surface area contributed by atoms with Crippen LogP contribution in [0.5, 0.6) is 11.5 Å². The van der Waals surface area contributed by atoms with Crippen molar-refractivity contribution in [1.82, 2.24) is 4.90 Å². The lowest BCUT2D eigenvalue weighted by Gasteiger charge is -2.31. The molecule has 1 amide bonds. The molecule has 2 aromatic rings. The Kier molecular flexibility index (Phi) is 6.53. The average molecular weight is 363 g/mol. The smallest absolute Gasteiger partial charge is 0.253 e. The summed E-state index contributed by atoms with van der Waals surface area (Å²) in [5.41, 5.74) is 6.98. The molecule has 1 aliphatic heterocycles. The van der Waals surface area contributed by atoms with Gasteiger partial charge in [0.2, 0.25) is 0 Å². The molecule has 2 N–H and O–H groups in total. The first-order valence-corrected chi connectivity index (χ1v) is 8.20. The minimum Gasteiger partial charge on any atom is -0.486 e. The van der Waals surface area contributed by atoms with Gasteiger partial charge >= 0.3 is 0 Å². The van der Waals surface area contributed by atoms with Crippen molar-refractivity contribution in [3.8, 4) is 11.5 Å². The summed E-state index contributed by atoms with van der Waals surface area (Å²) < 4.78 is 11.7. The second-order valence-corrected chi connectivity index (χ2v) is 5.87. The van der Waals surface area contributed by atoms with Crippen LogP contribution in [-0.4, -0.2) is 36.6 Å². The number of amides is 1. The third-order valence-corrected chi connectivity index (χ3v) is 3.93. The number of fused-ring (bicyclic) bond motifs is 1. The molecular formula is C19H23ClN2O3. The second kappa shape index (κ2) is 8.62. The van der Waals surface area contributed by atoms with Gasteiger partial charge in [-0.05, 0) is 42.8 Å². The van der Waals surface area contributed by atoms with Crippen LogP contribution in [0.1, 0.15) is 23.7 Å². The van der Waals surface area contributed by atoms with E-state index in [1.807, 2.05) is 29.2 Å². The largest absolute Gasteiger partial charge is 0.486 e. The molecule has 0 fully saturated rings. The molecule has 25 heavy (non-hydrogen) atoms. The zero-order valence-electron chi connectivity index (χ0n) is 14.2. The van der Waals surface area contributed by atoms with E-state index < -0.39 is 0 Å². The Balaban J connectivity index is 0.00000225. The average Bonchev–Trinajstić information content (AvgIpc) is 2.61. The molecule has 0 aliphatic carbocycles. The summed E-state index contributed by atoms with van der Waals surface area (Å²) in [7, 11) is 0. The van der Waals surface area contributed by atoms with Crippen molar-refractivity contribution in [3.63, 3.8) is 0 Å². The van der Waals surface area contributed by atoms with Gasteiger partial charge in [-0.25, -0.2) is 0 Å². The molecule has 5 nitrogen and oxygen atoms in total. The first-order valence-electron chi connectivity index (χ1n) is 8.20. The van der Waals surface area contributed by atoms with Crippen molar-refractivity contribution in [1.29, 1.82) is 0 Å². The van der Waals surface area contributed by atoms with Crippen LogP contribution in [0.2, 0.25) is 0 Å². The number of ether oxygens (including phenoxy) is 2. The quantitative estimate of drug-likeness (QED) is 0.828. The van der Waals surface area contributed by atoms with Crippen molar-refractivity contribution < 1.29 is 14.3 Å². The molecule has 0 bridgehead atoms. The molecule has 1 heterocycles. The van der Waals surface area contributed by atoms with Gasteiger partial charge in [0.1, 0.15) is 6.61 Å². The number of nitrogens with zero attached hydrogens (tertiary/aromatic N) is 1. The van der Waals surface area contributed by atoms with E-state index in [1.54, 1.807) is 24.3 Å². The van der Waals surface area contributed by atoms with E-state index in [1.165, 1.54) is 0 Å². The van der Waals surface area contributed by atoms with E-state index in [0.29, 0.717) is 30.9 Å². The zero-order valence-corrected chi connectivity index (χ0v) is 15.0. The summed E-state index contributed by atoms with van der Waals surface area (Å²) in [6.45, 7) is 3.65. The third kappa shape index (κ3) is 4.57. The highest BCUT2D eigenvalue weighted by Crippen LogP contribution is 2.31. The van der Waals surface area contributed by atoms with E-state index in [0.717, 1.165) is 17.9 Å². The maximum Gasteiger partial charge on any atom is 0.253 e. The molecule has 0 aromatic heterocycles. The Bertz CT molecular complexity index is 706. The lowest BCUT2D eigenvalue weighted by molar-refractivity contribution is 0.0462. The normalized spacial score (nSPS) is 15.2. The van der Waals surface area contributed by atoms with E-state index in [2.05, 4.69) is 6.92 Å². The van der Waals surface area contributed by atoms with Gasteiger partial charge in [0, 0.05) is 17.8 Å². The number of nitrogen functional groups attached to an aromatic ring is 1. The molecule has 0 saturated carbocycles. The molecule has 1 atom stereocenters. The minimum atomic E-state index is -0.177. The van der Waals surface area contributed by atoms with Gasteiger partial charge < -0.3 is 20.1 Å². The summed E-state index contributed by atoms with van der Waals surface area (Å²) in [5.74, 6) is 1.46. The molecule has 0 saturated heterocycles. The molecule has 0 radical (unpaired) electrons. The Hall–Kier alpha value is -2.40. The number of carbonyl (C=O) groups is 1. The van der Waals surface area contributed by atoms with Crippen molar-refractivity contribution in [3.05, 3.63) is 54.1 Å². The van der Waals surface area contributed by atoms with Crippen LogP contribution in [0.4, 0.5) is 5.69 Å². The van der Waals surface area contributed by atoms with Gasteiger partial charge in [-0.1, -0.05) is 19.1 Å². The number of hydrogen-bond donors (Lipinski definition) is 1. The first kappa shape index (κ1) is 18.9. The van der Waals surface area contributed by atoms with Gasteiger partial charge in [-0.2, -0.15) is 0 Å². The third-order valence-electron chi connectivity index (χ3n) is 3.93. The van der Waals surface area contributed by atoms with Gasteiger partial charge in [-0.15, -0.1) is 12.4 Å². The molecular weight excluding hydrogens is 340 g/mol. The highest BCUT2D eigenvalue weighted by Gasteiger charge is 2.25. The number of hydrogen-bond acceptors (Lipinski definition) is 4. The predicted octanol–water partition coefficient (Wildman–Crippen LogP) is 3.38. The maximum atomic E-state index is 12.8. The van der Waals surface area contributed by atoms with Crippen LogP contribution in [-0.2, 0) is 0 Å². The van der Waals surface area contributed by atoms with Crippen molar-refractivity contribution >= 4 is 24.0 Å². The topological polar surface area (TPSA) is 64.8 Å². The van der Waals surface area contributed by atoms with Gasteiger partial charge in [0.25, 0.3) is 5.91 Å². The number of rotatable bonds is 5. The van der Waals surface area contributed by atoms with Crippen molar-refractivity contribution in [2.45, 2.75) is 19.4 Å². The van der Waals surface area contributed by atoms with Crippen LogP contribution < -0.4 is 15.2 Å². The molecule has 1 unspecified atom stereocenters. The summed E-state index contributed by atoms with van der Waals surface area (Å²) in [5, 5.41) is 0. The Morgan fingerprint density at radius 1 is 1.16 bits per heavy atom. The van der Waals surface area contributed by atoms with Crippen LogP contribution in [0.25, 0.3) is 0 Å². The molecule has 3 rings (SSSR count). The molecule has 0 spiro atoms. The Morgan fingerprint density at radius 2 is 1.84 bits per heavy atom. The monoisotopic (exact) mass is 362 g/mol. The molecule has 2 aromatic carbocycles. The van der Waals surface area contributed by atoms with E-state index >= 15 is 0 Å². The lowest BCUT2D eigenvalue weighted by Crippen LogP contribution is -2.44. The number of nitrogens with two attached hydrogens (primary N) is 1.